The molecule has 1 aromatic rings. The van der Waals surface area contributed by atoms with Crippen LogP contribution in [0.2, 0.25) is 0 Å². The highest BCUT2D eigenvalue weighted by molar-refractivity contribution is 7.09. The maximum Gasteiger partial charge on any atom is 0.0927 e. The van der Waals surface area contributed by atoms with E-state index in [9.17, 15) is 0 Å². The van der Waals surface area contributed by atoms with E-state index in [2.05, 4.69) is 36.5 Å². The van der Waals surface area contributed by atoms with Gasteiger partial charge in [0.1, 0.15) is 0 Å². The van der Waals surface area contributed by atoms with Crippen LogP contribution in [-0.2, 0) is 6.42 Å². The Balaban J connectivity index is 1.94. The van der Waals surface area contributed by atoms with Gasteiger partial charge in [0.2, 0.25) is 0 Å². The second-order valence-electron chi connectivity index (χ2n) is 6.30. The van der Waals surface area contributed by atoms with Crippen LogP contribution in [0, 0.1) is 17.8 Å². The second-order valence-corrected chi connectivity index (χ2v) is 7.28. The van der Waals surface area contributed by atoms with Crippen molar-refractivity contribution < 1.29 is 0 Å². The van der Waals surface area contributed by atoms with E-state index in [-0.39, 0.29) is 0 Å². The van der Waals surface area contributed by atoms with Crippen LogP contribution in [0.3, 0.4) is 0 Å². The third-order valence-corrected chi connectivity index (χ3v) is 5.34. The highest BCUT2D eigenvalue weighted by Gasteiger charge is 2.30. The minimum atomic E-state index is 0.601. The molecule has 1 heterocycles. The topological polar surface area (TPSA) is 24.9 Å². The summed E-state index contributed by atoms with van der Waals surface area (Å²) in [6.45, 7) is 8.02. The minimum Gasteiger partial charge on any atom is -0.314 e. The van der Waals surface area contributed by atoms with E-state index in [1.165, 1.54) is 43.7 Å². The van der Waals surface area contributed by atoms with Gasteiger partial charge in [0.05, 0.1) is 5.01 Å². The van der Waals surface area contributed by atoms with Crippen LogP contribution in [-0.4, -0.2) is 17.6 Å². The Labute approximate surface area is 122 Å². The average Bonchev–Trinajstić information content (AvgIpc) is 2.90. The first-order valence-electron chi connectivity index (χ1n) is 7.80. The Morgan fingerprint density at radius 1 is 1.37 bits per heavy atom. The highest BCUT2D eigenvalue weighted by atomic mass is 32.1. The van der Waals surface area contributed by atoms with Crippen molar-refractivity contribution >= 4 is 11.3 Å². The first-order chi connectivity index (χ1) is 9.19. The molecule has 0 aliphatic heterocycles. The SMILES string of the molecule is CCC1CCC(CNC(C)C)C(Cc2nccs2)C1. The predicted octanol–water partition coefficient (Wildman–Crippen LogP) is 4.13. The molecular weight excluding hydrogens is 252 g/mol. The van der Waals surface area contributed by atoms with Gasteiger partial charge in [0.25, 0.3) is 0 Å². The van der Waals surface area contributed by atoms with Crippen molar-refractivity contribution in [3.05, 3.63) is 16.6 Å². The molecule has 2 nitrogen and oxygen atoms in total. The zero-order chi connectivity index (χ0) is 13.7. The zero-order valence-electron chi connectivity index (χ0n) is 12.6. The molecular formula is C16H28N2S. The van der Waals surface area contributed by atoms with Crippen molar-refractivity contribution in [1.29, 1.82) is 0 Å². The number of thiazole rings is 1. The molecule has 1 aliphatic carbocycles. The van der Waals surface area contributed by atoms with E-state index in [4.69, 9.17) is 0 Å². The lowest BCUT2D eigenvalue weighted by Gasteiger charge is -2.36. The van der Waals surface area contributed by atoms with Crippen molar-refractivity contribution in [2.24, 2.45) is 17.8 Å². The molecule has 1 fully saturated rings. The van der Waals surface area contributed by atoms with Crippen molar-refractivity contribution in [2.75, 3.05) is 6.54 Å². The predicted molar refractivity (Wildman–Crippen MR) is 83.6 cm³/mol. The molecule has 1 N–H and O–H groups in total. The molecule has 0 aromatic carbocycles. The molecule has 0 amide bonds. The summed E-state index contributed by atoms with van der Waals surface area (Å²) in [6.07, 6.45) is 8.71. The van der Waals surface area contributed by atoms with Crippen LogP contribution in [0.5, 0.6) is 0 Å². The number of hydrogen-bond donors (Lipinski definition) is 1. The number of hydrogen-bond acceptors (Lipinski definition) is 3. The molecule has 0 radical (unpaired) electrons. The third kappa shape index (κ3) is 4.57. The lowest BCUT2D eigenvalue weighted by molar-refractivity contribution is 0.169. The third-order valence-electron chi connectivity index (χ3n) is 4.53. The van der Waals surface area contributed by atoms with Gasteiger partial charge in [0.15, 0.2) is 0 Å². The van der Waals surface area contributed by atoms with Gasteiger partial charge in [-0.1, -0.05) is 33.6 Å². The van der Waals surface area contributed by atoms with Gasteiger partial charge >= 0.3 is 0 Å². The Bertz CT molecular complexity index is 348. The fourth-order valence-corrected chi connectivity index (χ4v) is 3.99. The molecule has 1 aliphatic rings. The summed E-state index contributed by atoms with van der Waals surface area (Å²) in [5.74, 6) is 2.62. The summed E-state index contributed by atoms with van der Waals surface area (Å²) in [4.78, 5) is 4.49. The summed E-state index contributed by atoms with van der Waals surface area (Å²) < 4.78 is 0. The Morgan fingerprint density at radius 3 is 2.84 bits per heavy atom. The van der Waals surface area contributed by atoms with Crippen molar-refractivity contribution in [3.8, 4) is 0 Å². The van der Waals surface area contributed by atoms with Gasteiger partial charge in [-0.15, -0.1) is 11.3 Å². The molecule has 1 saturated carbocycles. The Morgan fingerprint density at radius 2 is 2.21 bits per heavy atom. The standard InChI is InChI=1S/C16H28N2S/c1-4-13-5-6-14(11-18-12(2)3)15(9-13)10-16-17-7-8-19-16/h7-8,12-15,18H,4-6,9-11H2,1-3H3. The van der Waals surface area contributed by atoms with Crippen LogP contribution in [0.25, 0.3) is 0 Å². The highest BCUT2D eigenvalue weighted by Crippen LogP contribution is 2.37. The summed E-state index contributed by atoms with van der Waals surface area (Å²) >= 11 is 1.82. The molecule has 2 rings (SSSR count). The van der Waals surface area contributed by atoms with Crippen molar-refractivity contribution in [1.82, 2.24) is 10.3 Å². The molecule has 3 unspecified atom stereocenters. The average molecular weight is 280 g/mol. The quantitative estimate of drug-likeness (QED) is 0.847. The van der Waals surface area contributed by atoms with Gasteiger partial charge in [-0.2, -0.15) is 0 Å². The molecule has 19 heavy (non-hydrogen) atoms. The maximum atomic E-state index is 4.49. The van der Waals surface area contributed by atoms with E-state index in [0.717, 1.165) is 17.8 Å². The number of nitrogens with one attached hydrogen (secondary N) is 1. The van der Waals surface area contributed by atoms with Crippen LogP contribution < -0.4 is 5.32 Å². The minimum absolute atomic E-state index is 0.601. The first kappa shape index (κ1) is 15.0. The lowest BCUT2D eigenvalue weighted by Crippen LogP contribution is -2.36. The van der Waals surface area contributed by atoms with Gasteiger partial charge in [-0.05, 0) is 37.1 Å². The lowest BCUT2D eigenvalue weighted by atomic mass is 9.72. The van der Waals surface area contributed by atoms with E-state index in [1.54, 1.807) is 0 Å². The van der Waals surface area contributed by atoms with Crippen LogP contribution >= 0.6 is 11.3 Å². The van der Waals surface area contributed by atoms with Crippen LogP contribution in [0.1, 0.15) is 51.5 Å². The monoisotopic (exact) mass is 280 g/mol. The number of rotatable bonds is 6. The number of nitrogens with zero attached hydrogens (tertiary/aromatic N) is 1. The second kappa shape index (κ2) is 7.39. The summed E-state index contributed by atoms with van der Waals surface area (Å²) in [6, 6.07) is 0.601. The molecule has 1 aromatic heterocycles. The van der Waals surface area contributed by atoms with E-state index in [0.29, 0.717) is 6.04 Å². The van der Waals surface area contributed by atoms with E-state index in [1.807, 2.05) is 17.5 Å². The van der Waals surface area contributed by atoms with Crippen molar-refractivity contribution in [2.45, 2.75) is 58.9 Å². The molecule has 0 saturated heterocycles. The van der Waals surface area contributed by atoms with E-state index >= 15 is 0 Å². The summed E-state index contributed by atoms with van der Waals surface area (Å²) in [7, 11) is 0. The largest absolute Gasteiger partial charge is 0.314 e. The molecule has 0 spiro atoms. The first-order valence-corrected chi connectivity index (χ1v) is 8.68. The zero-order valence-corrected chi connectivity index (χ0v) is 13.4. The van der Waals surface area contributed by atoms with Gasteiger partial charge in [0, 0.05) is 24.0 Å². The fourth-order valence-electron chi connectivity index (χ4n) is 3.28. The van der Waals surface area contributed by atoms with Gasteiger partial charge in [-0.25, -0.2) is 4.98 Å². The summed E-state index contributed by atoms with van der Waals surface area (Å²) in [5, 5.41) is 7.08. The van der Waals surface area contributed by atoms with Gasteiger partial charge < -0.3 is 5.32 Å². The smallest absolute Gasteiger partial charge is 0.0927 e. The molecule has 3 heteroatoms. The maximum absolute atomic E-state index is 4.49. The molecule has 0 bridgehead atoms. The van der Waals surface area contributed by atoms with Crippen LogP contribution in [0.15, 0.2) is 11.6 Å². The van der Waals surface area contributed by atoms with Crippen molar-refractivity contribution in [3.63, 3.8) is 0 Å². The number of aromatic nitrogens is 1. The Kier molecular flexibility index (Phi) is 5.83. The normalized spacial score (nSPS) is 27.9. The van der Waals surface area contributed by atoms with E-state index < -0.39 is 0 Å². The fraction of sp³-hybridized carbons (Fsp3) is 0.812. The van der Waals surface area contributed by atoms with Gasteiger partial charge in [-0.3, -0.25) is 0 Å². The van der Waals surface area contributed by atoms with Crippen LogP contribution in [0.4, 0.5) is 0 Å². The summed E-state index contributed by atoms with van der Waals surface area (Å²) in [5.41, 5.74) is 0. The Hall–Kier alpha value is -0.410. The molecule has 3 atom stereocenters. The molecule has 108 valence electrons.